The molecule has 19 heavy (non-hydrogen) atoms. The van der Waals surface area contributed by atoms with Gasteiger partial charge in [-0.1, -0.05) is 27.7 Å². The average molecular weight is 269 g/mol. The molecule has 0 aromatic rings. The van der Waals surface area contributed by atoms with Crippen LogP contribution in [0.1, 0.15) is 47.5 Å². The highest BCUT2D eigenvalue weighted by Crippen LogP contribution is 2.16. The Bertz CT molecular complexity index is 277. The van der Waals surface area contributed by atoms with Crippen LogP contribution in [0.5, 0.6) is 0 Å². The molecule has 4 heteroatoms. The van der Waals surface area contributed by atoms with E-state index in [1.807, 2.05) is 0 Å². The predicted octanol–water partition coefficient (Wildman–Crippen LogP) is 1.71. The minimum Gasteiger partial charge on any atom is -0.337 e. The van der Waals surface area contributed by atoms with Crippen molar-refractivity contribution < 1.29 is 4.79 Å². The highest BCUT2D eigenvalue weighted by atomic mass is 16.2. The third-order valence-electron chi connectivity index (χ3n) is 3.96. The van der Waals surface area contributed by atoms with Gasteiger partial charge in [0.1, 0.15) is 0 Å². The first-order chi connectivity index (χ1) is 8.99. The summed E-state index contributed by atoms with van der Waals surface area (Å²) in [4.78, 5) is 17.0. The molecular weight excluding hydrogens is 238 g/mol. The third kappa shape index (κ3) is 4.77. The van der Waals surface area contributed by atoms with E-state index in [4.69, 9.17) is 0 Å². The van der Waals surface area contributed by atoms with E-state index in [1.165, 1.54) is 0 Å². The molecule has 1 rings (SSSR count). The normalized spacial score (nSPS) is 22.4. The lowest BCUT2D eigenvalue weighted by molar-refractivity contribution is -0.138. The molecule has 1 saturated heterocycles. The van der Waals surface area contributed by atoms with Crippen LogP contribution in [0.3, 0.4) is 0 Å². The van der Waals surface area contributed by atoms with Gasteiger partial charge < -0.3 is 15.1 Å². The summed E-state index contributed by atoms with van der Waals surface area (Å²) in [5, 5.41) is 3.39. The fraction of sp³-hybridized carbons (Fsp3) is 0.933. The molecule has 0 aliphatic carbocycles. The number of carbonyl (C=O) groups excluding carboxylic acids is 1. The predicted molar refractivity (Wildman–Crippen MR) is 80.3 cm³/mol. The molecule has 0 spiro atoms. The van der Waals surface area contributed by atoms with E-state index >= 15 is 0 Å². The van der Waals surface area contributed by atoms with Crippen LogP contribution in [0.15, 0.2) is 0 Å². The van der Waals surface area contributed by atoms with Crippen LogP contribution in [0.2, 0.25) is 0 Å². The lowest BCUT2D eigenvalue weighted by Crippen LogP contribution is -2.56. The number of likely N-dealkylation sites (N-methyl/N-ethyl adjacent to an activating group) is 1. The minimum absolute atomic E-state index is 0.0212. The summed E-state index contributed by atoms with van der Waals surface area (Å²) in [6.07, 6.45) is 2.09. The molecule has 1 aliphatic rings. The molecule has 1 N–H and O–H groups in total. The maximum absolute atomic E-state index is 12.5. The molecule has 0 saturated carbocycles. The van der Waals surface area contributed by atoms with Gasteiger partial charge in [-0.2, -0.15) is 0 Å². The Kier molecular flexibility index (Phi) is 6.80. The van der Waals surface area contributed by atoms with E-state index in [-0.39, 0.29) is 6.04 Å². The molecule has 1 fully saturated rings. The summed E-state index contributed by atoms with van der Waals surface area (Å²) in [6.45, 7) is 14.7. The Morgan fingerprint density at radius 1 is 1.32 bits per heavy atom. The van der Waals surface area contributed by atoms with Crippen LogP contribution < -0.4 is 5.32 Å². The first-order valence-corrected chi connectivity index (χ1v) is 7.78. The Morgan fingerprint density at radius 3 is 2.47 bits per heavy atom. The van der Waals surface area contributed by atoms with E-state index in [2.05, 4.69) is 49.7 Å². The Balaban J connectivity index is 2.58. The number of hydrogen-bond donors (Lipinski definition) is 1. The summed E-state index contributed by atoms with van der Waals surface area (Å²) in [6, 6.07) is 0.698. The molecule has 0 aromatic carbocycles. The van der Waals surface area contributed by atoms with Crippen LogP contribution in [-0.2, 0) is 4.79 Å². The standard InChI is InChI=1S/C15H31N3O/c1-6-17(7-2)11-13(5)18-10-8-9-14(15(18)19)16-12(3)4/h12-14,16H,6-11H2,1-5H3. The van der Waals surface area contributed by atoms with E-state index in [9.17, 15) is 4.79 Å². The van der Waals surface area contributed by atoms with Crippen LogP contribution in [0.4, 0.5) is 0 Å². The molecule has 2 atom stereocenters. The van der Waals surface area contributed by atoms with Gasteiger partial charge in [0, 0.05) is 25.2 Å². The zero-order valence-electron chi connectivity index (χ0n) is 13.3. The summed E-state index contributed by atoms with van der Waals surface area (Å²) in [7, 11) is 0. The SMILES string of the molecule is CCN(CC)CC(C)N1CCCC(NC(C)C)C1=O. The largest absolute Gasteiger partial charge is 0.337 e. The van der Waals surface area contributed by atoms with Crippen molar-refractivity contribution in [1.29, 1.82) is 0 Å². The van der Waals surface area contributed by atoms with Crippen LogP contribution in [0, 0.1) is 0 Å². The topological polar surface area (TPSA) is 35.6 Å². The van der Waals surface area contributed by atoms with Gasteiger partial charge in [0.25, 0.3) is 0 Å². The molecule has 4 nitrogen and oxygen atoms in total. The molecule has 1 heterocycles. The monoisotopic (exact) mass is 269 g/mol. The Hall–Kier alpha value is -0.610. The number of nitrogens with one attached hydrogen (secondary N) is 1. The molecule has 0 bridgehead atoms. The summed E-state index contributed by atoms with van der Waals surface area (Å²) in [5.41, 5.74) is 0. The Morgan fingerprint density at radius 2 is 1.95 bits per heavy atom. The maximum Gasteiger partial charge on any atom is 0.239 e. The number of carbonyl (C=O) groups is 1. The lowest BCUT2D eigenvalue weighted by Gasteiger charge is -2.39. The Labute approximate surface area is 118 Å². The van der Waals surface area contributed by atoms with E-state index in [0.29, 0.717) is 18.0 Å². The fourth-order valence-corrected chi connectivity index (χ4v) is 2.85. The fourth-order valence-electron chi connectivity index (χ4n) is 2.85. The summed E-state index contributed by atoms with van der Waals surface area (Å²) >= 11 is 0. The smallest absolute Gasteiger partial charge is 0.239 e. The van der Waals surface area contributed by atoms with Gasteiger partial charge in [0.05, 0.1) is 6.04 Å². The van der Waals surface area contributed by atoms with Crippen LogP contribution >= 0.6 is 0 Å². The van der Waals surface area contributed by atoms with Crippen molar-refractivity contribution in [2.45, 2.75) is 65.6 Å². The van der Waals surface area contributed by atoms with Crippen molar-refractivity contribution in [3.05, 3.63) is 0 Å². The van der Waals surface area contributed by atoms with Crippen LogP contribution in [-0.4, -0.2) is 60.0 Å². The molecule has 112 valence electrons. The van der Waals surface area contributed by atoms with Gasteiger partial charge in [-0.15, -0.1) is 0 Å². The van der Waals surface area contributed by atoms with Gasteiger partial charge in [-0.25, -0.2) is 0 Å². The number of nitrogens with zero attached hydrogens (tertiary/aromatic N) is 2. The molecular formula is C15H31N3O. The van der Waals surface area contributed by atoms with Crippen molar-refractivity contribution in [2.24, 2.45) is 0 Å². The molecule has 0 aromatic heterocycles. The number of rotatable bonds is 7. The summed E-state index contributed by atoms with van der Waals surface area (Å²) < 4.78 is 0. The van der Waals surface area contributed by atoms with Gasteiger partial charge in [-0.3, -0.25) is 4.79 Å². The van der Waals surface area contributed by atoms with Crippen molar-refractivity contribution in [3.8, 4) is 0 Å². The van der Waals surface area contributed by atoms with Gasteiger partial charge in [-0.05, 0) is 32.9 Å². The van der Waals surface area contributed by atoms with Crippen molar-refractivity contribution in [2.75, 3.05) is 26.2 Å². The zero-order chi connectivity index (χ0) is 14.4. The van der Waals surface area contributed by atoms with E-state index < -0.39 is 0 Å². The second-order valence-corrected chi connectivity index (χ2v) is 5.88. The average Bonchev–Trinajstić information content (AvgIpc) is 2.37. The number of piperidine rings is 1. The van der Waals surface area contributed by atoms with Crippen molar-refractivity contribution in [1.82, 2.24) is 15.1 Å². The molecule has 1 aliphatic heterocycles. The maximum atomic E-state index is 12.5. The summed E-state index contributed by atoms with van der Waals surface area (Å²) in [5.74, 6) is 0.291. The van der Waals surface area contributed by atoms with E-state index in [0.717, 1.165) is 39.0 Å². The zero-order valence-corrected chi connectivity index (χ0v) is 13.3. The lowest BCUT2D eigenvalue weighted by atomic mass is 10.0. The van der Waals surface area contributed by atoms with Crippen molar-refractivity contribution in [3.63, 3.8) is 0 Å². The highest BCUT2D eigenvalue weighted by molar-refractivity contribution is 5.83. The molecule has 2 unspecified atom stereocenters. The number of hydrogen-bond acceptors (Lipinski definition) is 3. The second kappa shape index (κ2) is 7.85. The van der Waals surface area contributed by atoms with Crippen molar-refractivity contribution >= 4 is 5.91 Å². The molecule has 1 amide bonds. The minimum atomic E-state index is 0.0212. The molecule has 0 radical (unpaired) electrons. The van der Waals surface area contributed by atoms with Gasteiger partial charge in [0.2, 0.25) is 5.91 Å². The van der Waals surface area contributed by atoms with Gasteiger partial charge >= 0.3 is 0 Å². The first-order valence-electron chi connectivity index (χ1n) is 7.78. The number of likely N-dealkylation sites (tertiary alicyclic amines) is 1. The van der Waals surface area contributed by atoms with Gasteiger partial charge in [0.15, 0.2) is 0 Å². The number of amides is 1. The second-order valence-electron chi connectivity index (χ2n) is 5.88. The highest BCUT2D eigenvalue weighted by Gasteiger charge is 2.31. The van der Waals surface area contributed by atoms with E-state index in [1.54, 1.807) is 0 Å². The first kappa shape index (κ1) is 16.4. The quantitative estimate of drug-likeness (QED) is 0.764. The van der Waals surface area contributed by atoms with Crippen LogP contribution in [0.25, 0.3) is 0 Å². The third-order valence-corrected chi connectivity index (χ3v) is 3.96.